The lowest BCUT2D eigenvalue weighted by Gasteiger charge is -2.17. The van der Waals surface area contributed by atoms with Crippen molar-refractivity contribution in [3.05, 3.63) is 64.7 Å². The number of rotatable bonds is 8. The molecule has 2 N–H and O–H groups in total. The van der Waals surface area contributed by atoms with Gasteiger partial charge in [0.1, 0.15) is 11.6 Å². The van der Waals surface area contributed by atoms with E-state index in [-0.39, 0.29) is 23.6 Å². The first-order valence-electron chi connectivity index (χ1n) is 9.83. The number of methoxy groups -OCH3 is 1. The number of carbonyl (C=O) groups excluding carboxylic acids is 1. The molecule has 0 unspecified atom stereocenters. The highest BCUT2D eigenvalue weighted by molar-refractivity contribution is 7.71. The molecule has 0 radical (unpaired) electrons. The van der Waals surface area contributed by atoms with Gasteiger partial charge in [0.05, 0.1) is 7.11 Å². The van der Waals surface area contributed by atoms with Crippen LogP contribution in [0.15, 0.2) is 48.5 Å². The second-order valence-electron chi connectivity index (χ2n) is 7.55. The van der Waals surface area contributed by atoms with Crippen LogP contribution in [0.5, 0.6) is 5.75 Å². The zero-order valence-corrected chi connectivity index (χ0v) is 17.5. The van der Waals surface area contributed by atoms with Crippen LogP contribution in [-0.4, -0.2) is 34.3 Å². The van der Waals surface area contributed by atoms with Crippen LogP contribution in [0.4, 0.5) is 4.39 Å². The van der Waals surface area contributed by atoms with E-state index in [1.54, 1.807) is 19.2 Å². The maximum atomic E-state index is 13.2. The van der Waals surface area contributed by atoms with E-state index in [0.717, 1.165) is 29.7 Å². The van der Waals surface area contributed by atoms with Gasteiger partial charge in [0.25, 0.3) is 0 Å². The number of ether oxygens (including phenoxy) is 1. The molecule has 3 aromatic rings. The number of nitrogens with one attached hydrogen (secondary N) is 2. The highest BCUT2D eigenvalue weighted by Crippen LogP contribution is 2.47. The molecule has 8 heteroatoms. The number of hydrogen-bond donors (Lipinski definition) is 2. The Bertz CT molecular complexity index is 1090. The highest BCUT2D eigenvalue weighted by Gasteiger charge is 2.44. The Morgan fingerprint density at radius 1 is 1.23 bits per heavy atom. The summed E-state index contributed by atoms with van der Waals surface area (Å²) in [5.74, 6) is 1.14. The van der Waals surface area contributed by atoms with E-state index < -0.39 is 0 Å². The Kier molecular flexibility index (Phi) is 5.67. The molecule has 1 aliphatic rings. The van der Waals surface area contributed by atoms with Gasteiger partial charge in [0.2, 0.25) is 5.91 Å². The van der Waals surface area contributed by atoms with E-state index in [0.29, 0.717) is 23.7 Å². The Morgan fingerprint density at radius 3 is 2.57 bits per heavy atom. The molecular formula is C22H23FN4O2S. The SMILES string of the molecule is COc1ccc(-c2n[nH]c(=S)n2CCC(=O)NCC2(c3ccc(F)cc3)CC2)cc1. The van der Waals surface area contributed by atoms with E-state index in [1.807, 2.05) is 28.8 Å². The van der Waals surface area contributed by atoms with Gasteiger partial charge in [-0.05, 0) is 67.0 Å². The zero-order valence-electron chi connectivity index (χ0n) is 16.7. The maximum Gasteiger partial charge on any atom is 0.221 e. The van der Waals surface area contributed by atoms with Crippen molar-refractivity contribution in [2.75, 3.05) is 13.7 Å². The Hall–Kier alpha value is -3.00. The van der Waals surface area contributed by atoms with Gasteiger partial charge in [0, 0.05) is 30.5 Å². The fourth-order valence-electron chi connectivity index (χ4n) is 3.58. The molecule has 1 heterocycles. The number of nitrogens with zero attached hydrogens (tertiary/aromatic N) is 2. The number of carbonyl (C=O) groups is 1. The molecule has 0 aliphatic heterocycles. The summed E-state index contributed by atoms with van der Waals surface area (Å²) in [7, 11) is 1.62. The minimum absolute atomic E-state index is 0.0489. The summed E-state index contributed by atoms with van der Waals surface area (Å²) in [6, 6.07) is 14.1. The van der Waals surface area contributed by atoms with Gasteiger partial charge < -0.3 is 10.1 Å². The zero-order chi connectivity index (χ0) is 21.1. The first-order valence-corrected chi connectivity index (χ1v) is 10.2. The summed E-state index contributed by atoms with van der Waals surface area (Å²) in [5, 5.41) is 10.1. The molecular weight excluding hydrogens is 403 g/mol. The van der Waals surface area contributed by atoms with Crippen molar-refractivity contribution < 1.29 is 13.9 Å². The predicted molar refractivity (Wildman–Crippen MR) is 114 cm³/mol. The molecule has 6 nitrogen and oxygen atoms in total. The molecule has 0 atom stereocenters. The third-order valence-corrected chi connectivity index (χ3v) is 5.91. The van der Waals surface area contributed by atoms with Crippen molar-refractivity contribution in [2.45, 2.75) is 31.2 Å². The smallest absolute Gasteiger partial charge is 0.221 e. The van der Waals surface area contributed by atoms with E-state index in [2.05, 4.69) is 15.5 Å². The highest BCUT2D eigenvalue weighted by atomic mass is 32.1. The third-order valence-electron chi connectivity index (χ3n) is 5.60. The molecule has 1 aliphatic carbocycles. The lowest BCUT2D eigenvalue weighted by Crippen LogP contribution is -2.32. The predicted octanol–water partition coefficient (Wildman–Crippen LogP) is 3.99. The lowest BCUT2D eigenvalue weighted by atomic mass is 9.96. The summed E-state index contributed by atoms with van der Waals surface area (Å²) >= 11 is 5.34. The minimum atomic E-state index is -0.247. The number of amides is 1. The molecule has 156 valence electrons. The average Bonchev–Trinajstić information content (AvgIpc) is 3.47. The topological polar surface area (TPSA) is 71.9 Å². The van der Waals surface area contributed by atoms with Crippen LogP contribution in [0.25, 0.3) is 11.4 Å². The fraction of sp³-hybridized carbons (Fsp3) is 0.318. The molecule has 1 aromatic heterocycles. The van der Waals surface area contributed by atoms with Gasteiger partial charge in [-0.25, -0.2) is 4.39 Å². The van der Waals surface area contributed by atoms with Crippen LogP contribution >= 0.6 is 12.2 Å². The normalized spacial score (nSPS) is 14.3. The van der Waals surface area contributed by atoms with Crippen LogP contribution < -0.4 is 10.1 Å². The number of benzene rings is 2. The molecule has 1 amide bonds. The van der Waals surface area contributed by atoms with E-state index in [9.17, 15) is 9.18 Å². The largest absolute Gasteiger partial charge is 0.497 e. The van der Waals surface area contributed by atoms with Crippen LogP contribution in [0.1, 0.15) is 24.8 Å². The number of halogens is 1. The molecule has 4 rings (SSSR count). The van der Waals surface area contributed by atoms with Crippen molar-refractivity contribution in [3.8, 4) is 17.1 Å². The lowest BCUT2D eigenvalue weighted by molar-refractivity contribution is -0.121. The second-order valence-corrected chi connectivity index (χ2v) is 7.93. The Labute approximate surface area is 179 Å². The summed E-state index contributed by atoms with van der Waals surface area (Å²) in [6.45, 7) is 0.978. The number of aromatic amines is 1. The summed E-state index contributed by atoms with van der Waals surface area (Å²) in [4.78, 5) is 12.5. The van der Waals surface area contributed by atoms with Crippen molar-refractivity contribution in [3.63, 3.8) is 0 Å². The van der Waals surface area contributed by atoms with Crippen LogP contribution in [0.3, 0.4) is 0 Å². The monoisotopic (exact) mass is 426 g/mol. The second kappa shape index (κ2) is 8.39. The fourth-order valence-corrected chi connectivity index (χ4v) is 3.80. The number of hydrogen-bond acceptors (Lipinski definition) is 4. The van der Waals surface area contributed by atoms with E-state index in [1.165, 1.54) is 12.1 Å². The van der Waals surface area contributed by atoms with Gasteiger partial charge >= 0.3 is 0 Å². The standard InChI is InChI=1S/C22H23FN4O2S/c1-29-18-8-2-15(3-9-18)20-25-26-21(30)27(20)13-10-19(28)24-14-22(11-12-22)16-4-6-17(23)7-5-16/h2-9H,10-14H2,1H3,(H,24,28)(H,26,30). The molecule has 30 heavy (non-hydrogen) atoms. The molecule has 0 spiro atoms. The average molecular weight is 427 g/mol. The molecule has 2 aromatic carbocycles. The first kappa shape index (κ1) is 20.3. The van der Waals surface area contributed by atoms with Crippen molar-refractivity contribution in [2.24, 2.45) is 0 Å². The van der Waals surface area contributed by atoms with Gasteiger partial charge in [-0.1, -0.05) is 12.1 Å². The third kappa shape index (κ3) is 4.28. The summed E-state index contributed by atoms with van der Waals surface area (Å²) in [6.07, 6.45) is 2.27. The van der Waals surface area contributed by atoms with E-state index in [4.69, 9.17) is 17.0 Å². The summed E-state index contributed by atoms with van der Waals surface area (Å²) in [5.41, 5.74) is 1.89. The van der Waals surface area contributed by atoms with E-state index >= 15 is 0 Å². The summed E-state index contributed by atoms with van der Waals surface area (Å²) < 4.78 is 20.7. The van der Waals surface area contributed by atoms with Gasteiger partial charge in [0.15, 0.2) is 10.6 Å². The first-order chi connectivity index (χ1) is 14.5. The number of H-pyrrole nitrogens is 1. The molecule has 0 saturated heterocycles. The Balaban J connectivity index is 1.37. The number of aromatic nitrogens is 3. The van der Waals surface area contributed by atoms with Crippen molar-refractivity contribution >= 4 is 18.1 Å². The van der Waals surface area contributed by atoms with Crippen LogP contribution in [-0.2, 0) is 16.8 Å². The maximum absolute atomic E-state index is 13.2. The van der Waals surface area contributed by atoms with Crippen LogP contribution in [0, 0.1) is 10.6 Å². The Morgan fingerprint density at radius 2 is 1.93 bits per heavy atom. The molecule has 0 bridgehead atoms. The molecule has 1 fully saturated rings. The quantitative estimate of drug-likeness (QED) is 0.534. The molecule has 1 saturated carbocycles. The van der Waals surface area contributed by atoms with Crippen molar-refractivity contribution in [1.29, 1.82) is 0 Å². The van der Waals surface area contributed by atoms with Gasteiger partial charge in [-0.3, -0.25) is 14.5 Å². The minimum Gasteiger partial charge on any atom is -0.497 e. The van der Waals surface area contributed by atoms with Crippen molar-refractivity contribution in [1.82, 2.24) is 20.1 Å². The van der Waals surface area contributed by atoms with Gasteiger partial charge in [-0.15, -0.1) is 0 Å². The van der Waals surface area contributed by atoms with Crippen LogP contribution in [0.2, 0.25) is 0 Å². The van der Waals surface area contributed by atoms with Gasteiger partial charge in [-0.2, -0.15) is 5.10 Å².